The maximum Gasteiger partial charge on any atom is 0.237 e. The van der Waals surface area contributed by atoms with E-state index in [0.717, 1.165) is 23.4 Å². The third-order valence-corrected chi connectivity index (χ3v) is 4.67. The summed E-state index contributed by atoms with van der Waals surface area (Å²) in [6.07, 6.45) is 4.14. The Balaban J connectivity index is 0.00000210. The van der Waals surface area contributed by atoms with Gasteiger partial charge >= 0.3 is 0 Å². The Labute approximate surface area is 184 Å². The molecule has 3 rings (SSSR count). The van der Waals surface area contributed by atoms with Crippen LogP contribution in [0.3, 0.4) is 0 Å². The number of amides is 1. The average molecular weight is 435 g/mol. The fraction of sp³-hybridized carbons (Fsp3) is 0.273. The minimum absolute atomic E-state index is 0. The second kappa shape index (κ2) is 11.6. The monoisotopic (exact) mass is 434 g/mol. The molecule has 3 N–H and O–H groups in total. The van der Waals surface area contributed by atoms with Crippen LogP contribution in [0.15, 0.2) is 67.1 Å². The number of carbonyl (C=O) groups excluding carboxylic acids is 1. The van der Waals surface area contributed by atoms with Crippen molar-refractivity contribution in [2.75, 3.05) is 0 Å². The molecule has 1 unspecified atom stereocenters. The summed E-state index contributed by atoms with van der Waals surface area (Å²) in [4.78, 5) is 16.9. The molecule has 0 saturated carbocycles. The molecular formula is C22H28Cl2N4O. The van der Waals surface area contributed by atoms with E-state index in [2.05, 4.69) is 22.4 Å². The summed E-state index contributed by atoms with van der Waals surface area (Å²) in [7, 11) is 0. The van der Waals surface area contributed by atoms with Gasteiger partial charge in [0.2, 0.25) is 5.91 Å². The first kappa shape index (κ1) is 24.7. The Hall–Kier alpha value is -2.34. The number of hydrogen-bond acceptors (Lipinski definition) is 3. The summed E-state index contributed by atoms with van der Waals surface area (Å²) in [5.74, 6) is -0.164. The minimum Gasteiger partial charge on any atom is -0.348 e. The van der Waals surface area contributed by atoms with E-state index in [0.29, 0.717) is 6.42 Å². The first-order valence-electron chi connectivity index (χ1n) is 9.19. The van der Waals surface area contributed by atoms with Crippen LogP contribution in [0.5, 0.6) is 0 Å². The molecule has 1 aromatic heterocycles. The van der Waals surface area contributed by atoms with Gasteiger partial charge in [0.15, 0.2) is 0 Å². The molecule has 2 atom stereocenters. The van der Waals surface area contributed by atoms with Crippen LogP contribution in [0.25, 0.3) is 0 Å². The van der Waals surface area contributed by atoms with Gasteiger partial charge in [0.1, 0.15) is 0 Å². The van der Waals surface area contributed by atoms with Crippen LogP contribution in [0.4, 0.5) is 0 Å². The number of carbonyl (C=O) groups is 1. The lowest BCUT2D eigenvalue weighted by Gasteiger charge is -2.19. The van der Waals surface area contributed by atoms with E-state index >= 15 is 0 Å². The molecule has 2 aromatic carbocycles. The van der Waals surface area contributed by atoms with Crippen LogP contribution < -0.4 is 11.1 Å². The van der Waals surface area contributed by atoms with Crippen molar-refractivity contribution in [1.82, 2.24) is 14.9 Å². The topological polar surface area (TPSA) is 72.9 Å². The quantitative estimate of drug-likeness (QED) is 0.593. The number of benzene rings is 2. The Morgan fingerprint density at radius 1 is 1.10 bits per heavy atom. The van der Waals surface area contributed by atoms with Gasteiger partial charge < -0.3 is 15.6 Å². The lowest BCUT2D eigenvalue weighted by atomic mass is 10.0. The van der Waals surface area contributed by atoms with Gasteiger partial charge in [-0.3, -0.25) is 4.79 Å². The Bertz CT molecular complexity index is 899. The van der Waals surface area contributed by atoms with Gasteiger partial charge in [-0.25, -0.2) is 4.98 Å². The van der Waals surface area contributed by atoms with E-state index in [1.54, 1.807) is 6.33 Å². The first-order chi connectivity index (χ1) is 13.0. The van der Waals surface area contributed by atoms with Crippen LogP contribution in [0, 0.1) is 6.92 Å². The van der Waals surface area contributed by atoms with Gasteiger partial charge in [-0.05, 0) is 30.5 Å². The molecule has 5 nitrogen and oxygen atoms in total. The van der Waals surface area contributed by atoms with Crippen LogP contribution >= 0.6 is 24.8 Å². The molecule has 156 valence electrons. The Morgan fingerprint density at radius 2 is 1.76 bits per heavy atom. The molecule has 0 spiro atoms. The van der Waals surface area contributed by atoms with Crippen molar-refractivity contribution in [3.8, 4) is 0 Å². The van der Waals surface area contributed by atoms with E-state index in [4.69, 9.17) is 5.73 Å². The number of imidazole rings is 1. The number of aryl methyl sites for hydroxylation is 1. The van der Waals surface area contributed by atoms with Crippen LogP contribution in [0.2, 0.25) is 0 Å². The molecule has 0 aliphatic heterocycles. The van der Waals surface area contributed by atoms with Crippen LogP contribution in [-0.4, -0.2) is 21.5 Å². The van der Waals surface area contributed by atoms with Crippen molar-refractivity contribution in [3.05, 3.63) is 89.5 Å². The number of rotatable bonds is 7. The molecule has 1 heterocycles. The van der Waals surface area contributed by atoms with E-state index in [-0.39, 0.29) is 36.8 Å². The lowest BCUT2D eigenvalue weighted by Crippen LogP contribution is -2.43. The summed E-state index contributed by atoms with van der Waals surface area (Å²) in [6, 6.07) is 17.5. The van der Waals surface area contributed by atoms with Crippen molar-refractivity contribution in [1.29, 1.82) is 0 Å². The fourth-order valence-corrected chi connectivity index (χ4v) is 3.18. The zero-order valence-electron chi connectivity index (χ0n) is 16.6. The molecule has 1 amide bonds. The standard InChI is InChI=1S/C22H26N4O.2ClH/c1-16-8-6-7-11-20(16)17(2)25-22(27)21(23)12-19-14-26(15-24-19)13-18-9-4-3-5-10-18;;/h3-11,14-15,17,21H,12-13,23H2,1-2H3,(H,25,27);2*1H/t17?,21-;;/m0../s1. The van der Waals surface area contributed by atoms with Gasteiger partial charge in [0.05, 0.1) is 24.1 Å². The summed E-state index contributed by atoms with van der Waals surface area (Å²) in [6.45, 7) is 4.76. The number of halogens is 2. The van der Waals surface area contributed by atoms with E-state index in [1.807, 2.05) is 67.1 Å². The summed E-state index contributed by atoms with van der Waals surface area (Å²) in [5, 5.41) is 3.01. The Kier molecular flexibility index (Phi) is 9.89. The predicted octanol–water partition coefficient (Wildman–Crippen LogP) is 3.83. The number of aromatic nitrogens is 2. The third kappa shape index (κ3) is 6.89. The fourth-order valence-electron chi connectivity index (χ4n) is 3.18. The third-order valence-electron chi connectivity index (χ3n) is 4.67. The van der Waals surface area contributed by atoms with Crippen molar-refractivity contribution in [2.24, 2.45) is 5.73 Å². The number of hydrogen-bond donors (Lipinski definition) is 2. The molecule has 29 heavy (non-hydrogen) atoms. The highest BCUT2D eigenvalue weighted by molar-refractivity contribution is 5.85. The maximum atomic E-state index is 12.5. The van der Waals surface area contributed by atoms with Gasteiger partial charge in [0, 0.05) is 19.2 Å². The zero-order valence-corrected chi connectivity index (χ0v) is 18.2. The van der Waals surface area contributed by atoms with E-state index in [1.165, 1.54) is 5.56 Å². The van der Waals surface area contributed by atoms with Crippen LogP contribution in [-0.2, 0) is 17.8 Å². The summed E-state index contributed by atoms with van der Waals surface area (Å²) in [5.41, 5.74) is 10.4. The van der Waals surface area contributed by atoms with E-state index in [9.17, 15) is 4.79 Å². The highest BCUT2D eigenvalue weighted by atomic mass is 35.5. The molecular weight excluding hydrogens is 407 g/mol. The summed E-state index contributed by atoms with van der Waals surface area (Å²) >= 11 is 0. The molecule has 7 heteroatoms. The number of nitrogens with zero attached hydrogens (tertiary/aromatic N) is 2. The predicted molar refractivity (Wildman–Crippen MR) is 122 cm³/mol. The zero-order chi connectivity index (χ0) is 19.2. The Morgan fingerprint density at radius 3 is 2.45 bits per heavy atom. The second-order valence-electron chi connectivity index (χ2n) is 6.92. The van der Waals surface area contributed by atoms with E-state index < -0.39 is 6.04 Å². The van der Waals surface area contributed by atoms with Gasteiger partial charge in [-0.15, -0.1) is 24.8 Å². The van der Waals surface area contributed by atoms with Crippen molar-refractivity contribution < 1.29 is 4.79 Å². The minimum atomic E-state index is -0.628. The second-order valence-corrected chi connectivity index (χ2v) is 6.92. The number of nitrogens with two attached hydrogens (primary N) is 1. The smallest absolute Gasteiger partial charge is 0.237 e. The average Bonchev–Trinajstić information content (AvgIpc) is 3.09. The molecule has 0 aliphatic carbocycles. The van der Waals surface area contributed by atoms with Gasteiger partial charge in [-0.1, -0.05) is 54.6 Å². The largest absolute Gasteiger partial charge is 0.348 e. The SMILES string of the molecule is Cc1ccccc1C(C)NC(=O)[C@@H](N)Cc1cn(Cc2ccccc2)cn1.Cl.Cl. The van der Waals surface area contributed by atoms with Crippen LogP contribution in [0.1, 0.15) is 35.3 Å². The normalized spacial score (nSPS) is 12.2. The van der Waals surface area contributed by atoms with Gasteiger partial charge in [-0.2, -0.15) is 0 Å². The first-order valence-corrected chi connectivity index (χ1v) is 9.19. The maximum absolute atomic E-state index is 12.5. The molecule has 0 radical (unpaired) electrons. The lowest BCUT2D eigenvalue weighted by molar-refractivity contribution is -0.123. The van der Waals surface area contributed by atoms with Crippen molar-refractivity contribution in [2.45, 2.75) is 38.9 Å². The number of nitrogens with one attached hydrogen (secondary N) is 1. The molecule has 0 bridgehead atoms. The van der Waals surface area contributed by atoms with Gasteiger partial charge in [0.25, 0.3) is 0 Å². The van der Waals surface area contributed by atoms with Crippen molar-refractivity contribution in [3.63, 3.8) is 0 Å². The molecule has 3 aromatic rings. The highest BCUT2D eigenvalue weighted by Crippen LogP contribution is 2.16. The molecule has 0 aliphatic rings. The molecule has 0 fully saturated rings. The summed E-state index contributed by atoms with van der Waals surface area (Å²) < 4.78 is 2.01. The molecule has 0 saturated heterocycles. The highest BCUT2D eigenvalue weighted by Gasteiger charge is 2.19. The van der Waals surface area contributed by atoms with Crippen molar-refractivity contribution >= 4 is 30.7 Å².